The van der Waals surface area contributed by atoms with Gasteiger partial charge in [0.25, 0.3) is 6.33 Å². The van der Waals surface area contributed by atoms with Crippen LogP contribution in [-0.2, 0) is 12.5 Å². The number of rotatable bonds is 2. The van der Waals surface area contributed by atoms with Crippen molar-refractivity contribution in [2.75, 3.05) is 6.54 Å². The van der Waals surface area contributed by atoms with E-state index in [-0.39, 0.29) is 5.41 Å². The fourth-order valence-corrected chi connectivity index (χ4v) is 4.58. The van der Waals surface area contributed by atoms with E-state index >= 15 is 0 Å². The number of fused-ring (bicyclic) bond motifs is 4. The van der Waals surface area contributed by atoms with Crippen molar-refractivity contribution in [3.05, 3.63) is 36.5 Å². The molecule has 4 heterocycles. The van der Waals surface area contributed by atoms with E-state index in [0.717, 1.165) is 35.8 Å². The van der Waals surface area contributed by atoms with Gasteiger partial charge in [-0.05, 0) is 55.9 Å². The number of aryl methyl sites for hydroxylation is 1. The van der Waals surface area contributed by atoms with Gasteiger partial charge in [0.15, 0.2) is 11.0 Å². The molecule has 3 fully saturated rings. The first-order chi connectivity index (χ1) is 11.6. The van der Waals surface area contributed by atoms with Gasteiger partial charge < -0.3 is 9.84 Å². The van der Waals surface area contributed by atoms with Crippen LogP contribution in [0.4, 0.5) is 0 Å². The second-order valence-electron chi connectivity index (χ2n) is 7.51. The van der Waals surface area contributed by atoms with Crippen molar-refractivity contribution in [3.63, 3.8) is 0 Å². The van der Waals surface area contributed by atoms with E-state index in [1.54, 1.807) is 0 Å². The normalized spacial score (nSPS) is 29.4. The predicted octanol–water partition coefficient (Wildman–Crippen LogP) is 1.87. The van der Waals surface area contributed by atoms with Crippen LogP contribution < -0.4 is 9.88 Å². The van der Waals surface area contributed by atoms with Crippen molar-refractivity contribution in [1.82, 2.24) is 20.0 Å². The Labute approximate surface area is 140 Å². The number of nitrogens with one attached hydrogen (secondary N) is 1. The van der Waals surface area contributed by atoms with Gasteiger partial charge in [0.05, 0.1) is 12.5 Å². The summed E-state index contributed by atoms with van der Waals surface area (Å²) in [6.07, 6.45) is 5.64. The Morgan fingerprint density at radius 1 is 1.33 bits per heavy atom. The lowest BCUT2D eigenvalue weighted by Crippen LogP contribution is -2.58. The number of nitrogens with zero attached hydrogens (tertiary/aromatic N) is 4. The van der Waals surface area contributed by atoms with E-state index in [9.17, 15) is 0 Å². The van der Waals surface area contributed by atoms with Crippen molar-refractivity contribution in [2.45, 2.75) is 37.6 Å². The van der Waals surface area contributed by atoms with Crippen LogP contribution in [0.5, 0.6) is 0 Å². The molecule has 3 atom stereocenters. The summed E-state index contributed by atoms with van der Waals surface area (Å²) in [5.41, 5.74) is 2.17. The molecular formula is C18H22N5O+. The molecule has 1 saturated carbocycles. The molecule has 3 unspecified atom stereocenters. The summed E-state index contributed by atoms with van der Waals surface area (Å²) < 4.78 is 9.82. The van der Waals surface area contributed by atoms with Gasteiger partial charge in [-0.1, -0.05) is 12.1 Å². The maximum atomic E-state index is 5.74. The van der Waals surface area contributed by atoms with Gasteiger partial charge >= 0.3 is 5.95 Å². The number of hydrogen-bond acceptors (Lipinski definition) is 4. The van der Waals surface area contributed by atoms with Crippen LogP contribution in [0.2, 0.25) is 0 Å². The van der Waals surface area contributed by atoms with E-state index < -0.39 is 0 Å². The van der Waals surface area contributed by atoms with Gasteiger partial charge in [0.2, 0.25) is 5.89 Å². The minimum atomic E-state index is -0.0580. The molecular weight excluding hydrogens is 302 g/mol. The van der Waals surface area contributed by atoms with Crippen LogP contribution in [-0.4, -0.2) is 27.3 Å². The summed E-state index contributed by atoms with van der Waals surface area (Å²) in [7, 11) is 2.03. The van der Waals surface area contributed by atoms with Gasteiger partial charge in [-0.15, -0.1) is 0 Å². The van der Waals surface area contributed by atoms with E-state index in [1.165, 1.54) is 12.8 Å². The number of piperidine rings is 2. The predicted molar refractivity (Wildman–Crippen MR) is 88.8 cm³/mol. The quantitative estimate of drug-likeness (QED) is 0.731. The molecule has 1 N–H and O–H groups in total. The van der Waals surface area contributed by atoms with Crippen LogP contribution in [0.15, 0.2) is 35.1 Å². The lowest BCUT2D eigenvalue weighted by molar-refractivity contribution is -0.645. The summed E-state index contributed by atoms with van der Waals surface area (Å²) in [6.45, 7) is 3.39. The molecule has 3 aromatic rings. The number of imidazole rings is 1. The third kappa shape index (κ3) is 1.89. The van der Waals surface area contributed by atoms with Crippen LogP contribution in [0.1, 0.15) is 32.1 Å². The van der Waals surface area contributed by atoms with Crippen molar-refractivity contribution in [3.8, 4) is 5.95 Å². The molecule has 124 valence electrons. The monoisotopic (exact) mass is 324 g/mol. The maximum absolute atomic E-state index is 5.74. The van der Waals surface area contributed by atoms with Gasteiger partial charge in [0, 0.05) is 6.04 Å². The number of benzene rings is 1. The largest absolute Gasteiger partial charge is 0.363 e. The number of hydrogen-bond donors (Lipinski definition) is 1. The first kappa shape index (κ1) is 14.2. The molecule has 2 saturated heterocycles. The highest BCUT2D eigenvalue weighted by molar-refractivity contribution is 5.73. The van der Waals surface area contributed by atoms with Crippen LogP contribution >= 0.6 is 0 Å². The molecule has 2 bridgehead atoms. The van der Waals surface area contributed by atoms with Crippen LogP contribution in [0.3, 0.4) is 0 Å². The Bertz CT molecular complexity index is 905. The van der Waals surface area contributed by atoms with Crippen molar-refractivity contribution < 1.29 is 9.09 Å². The molecule has 1 aromatic carbocycles. The van der Waals surface area contributed by atoms with Gasteiger partial charge in [-0.25, -0.2) is 4.57 Å². The topological polar surface area (TPSA) is 59.8 Å². The molecule has 6 nitrogen and oxygen atoms in total. The molecule has 24 heavy (non-hydrogen) atoms. The SMILES string of the molecule is C[n+]1cn(-c2noc(C3(C)CC4CCC3NC4)n2)c2ccccc21. The molecule has 6 heteroatoms. The Hall–Kier alpha value is -2.21. The Morgan fingerprint density at radius 2 is 2.21 bits per heavy atom. The van der Waals surface area contributed by atoms with E-state index in [0.29, 0.717) is 12.0 Å². The molecule has 0 radical (unpaired) electrons. The van der Waals surface area contributed by atoms with E-state index in [4.69, 9.17) is 9.51 Å². The number of para-hydroxylation sites is 2. The highest BCUT2D eigenvalue weighted by Crippen LogP contribution is 2.44. The lowest BCUT2D eigenvalue weighted by Gasteiger charge is -2.48. The maximum Gasteiger partial charge on any atom is 0.363 e. The Morgan fingerprint density at radius 3 is 2.96 bits per heavy atom. The second-order valence-corrected chi connectivity index (χ2v) is 7.51. The summed E-state index contributed by atoms with van der Waals surface area (Å²) in [4.78, 5) is 4.79. The standard InChI is InChI=1S/C18H22N5O/c1-18(9-12-7-8-15(18)19-10-12)16-20-17(21-24-16)23-11-22(2)13-5-3-4-6-14(13)23/h3-6,11-12,15,19H,7-10H2,1-2H3/q+1. The molecule has 2 aliphatic heterocycles. The molecule has 1 aliphatic carbocycles. The summed E-state index contributed by atoms with van der Waals surface area (Å²) >= 11 is 0. The fourth-order valence-electron chi connectivity index (χ4n) is 4.58. The minimum Gasteiger partial charge on any atom is -0.335 e. The lowest BCUT2D eigenvalue weighted by atomic mass is 9.64. The Balaban J connectivity index is 1.58. The third-order valence-corrected chi connectivity index (χ3v) is 5.93. The minimum absolute atomic E-state index is 0.0580. The van der Waals surface area contributed by atoms with E-state index in [1.807, 2.05) is 30.1 Å². The van der Waals surface area contributed by atoms with E-state index in [2.05, 4.69) is 34.1 Å². The number of aromatic nitrogens is 4. The molecule has 2 aromatic heterocycles. The zero-order valence-electron chi connectivity index (χ0n) is 14.1. The molecule has 0 amide bonds. The summed E-state index contributed by atoms with van der Waals surface area (Å²) in [5, 5.41) is 7.94. The van der Waals surface area contributed by atoms with Crippen LogP contribution in [0, 0.1) is 5.92 Å². The fraction of sp³-hybridized carbons (Fsp3) is 0.500. The van der Waals surface area contributed by atoms with Gasteiger partial charge in [0.1, 0.15) is 0 Å². The van der Waals surface area contributed by atoms with Gasteiger partial charge in [-0.3, -0.25) is 0 Å². The smallest absolute Gasteiger partial charge is 0.335 e. The zero-order valence-corrected chi connectivity index (χ0v) is 14.1. The van der Waals surface area contributed by atoms with Crippen molar-refractivity contribution in [1.29, 1.82) is 0 Å². The van der Waals surface area contributed by atoms with Crippen molar-refractivity contribution >= 4 is 11.0 Å². The third-order valence-electron chi connectivity index (χ3n) is 5.93. The molecule has 6 rings (SSSR count). The Kier molecular flexibility index (Phi) is 2.89. The summed E-state index contributed by atoms with van der Waals surface area (Å²) in [6, 6.07) is 8.69. The molecule has 3 aliphatic rings. The van der Waals surface area contributed by atoms with Crippen molar-refractivity contribution in [2.24, 2.45) is 13.0 Å². The first-order valence-electron chi connectivity index (χ1n) is 8.69. The van der Waals surface area contributed by atoms with Crippen LogP contribution in [0.25, 0.3) is 17.0 Å². The average molecular weight is 324 g/mol. The van der Waals surface area contributed by atoms with Gasteiger partial charge in [-0.2, -0.15) is 9.55 Å². The first-order valence-corrected chi connectivity index (χ1v) is 8.69. The highest BCUT2D eigenvalue weighted by atomic mass is 16.5. The average Bonchev–Trinajstić information content (AvgIpc) is 3.22. The summed E-state index contributed by atoms with van der Waals surface area (Å²) in [5.74, 6) is 2.10. The highest BCUT2D eigenvalue weighted by Gasteiger charge is 2.49. The molecule has 0 spiro atoms. The zero-order chi connectivity index (χ0) is 16.3. The second kappa shape index (κ2) is 4.89.